The zero-order chi connectivity index (χ0) is 15.4. The first kappa shape index (κ1) is 15.3. The zero-order valence-corrected chi connectivity index (χ0v) is 13.0. The lowest BCUT2D eigenvalue weighted by Gasteiger charge is -2.02. The summed E-state index contributed by atoms with van der Waals surface area (Å²) in [6, 6.07) is 4.33. The van der Waals surface area contributed by atoms with E-state index in [0.29, 0.717) is 4.47 Å². The summed E-state index contributed by atoms with van der Waals surface area (Å²) in [5.41, 5.74) is -0.225. The van der Waals surface area contributed by atoms with E-state index in [0.717, 1.165) is 11.3 Å². The van der Waals surface area contributed by atoms with E-state index in [1.54, 1.807) is 13.0 Å². The van der Waals surface area contributed by atoms with Crippen molar-refractivity contribution in [3.05, 3.63) is 37.8 Å². The number of hydrogen-bond acceptors (Lipinski definition) is 8. The van der Waals surface area contributed by atoms with Gasteiger partial charge in [-0.05, 0) is 30.4 Å². The van der Waals surface area contributed by atoms with Gasteiger partial charge in [-0.2, -0.15) is 0 Å². The molecular weight excluding hydrogens is 366 g/mol. The van der Waals surface area contributed by atoms with E-state index in [9.17, 15) is 14.9 Å². The van der Waals surface area contributed by atoms with Gasteiger partial charge in [0, 0.05) is 10.5 Å². The fourth-order valence-electron chi connectivity index (χ4n) is 1.34. The molecule has 0 spiro atoms. The van der Waals surface area contributed by atoms with Crippen molar-refractivity contribution in [1.82, 2.24) is 10.2 Å². The Labute approximate surface area is 131 Å². The molecule has 1 heterocycles. The molecule has 0 saturated heterocycles. The van der Waals surface area contributed by atoms with Gasteiger partial charge in [0.15, 0.2) is 0 Å². The van der Waals surface area contributed by atoms with Crippen LogP contribution in [0.2, 0.25) is 0 Å². The molecule has 0 N–H and O–H groups in total. The molecule has 0 aliphatic rings. The zero-order valence-electron chi connectivity index (χ0n) is 10.6. The number of hydrogen-bond donors (Lipinski definition) is 0. The van der Waals surface area contributed by atoms with E-state index in [-0.39, 0.29) is 28.2 Å². The Morgan fingerprint density at radius 2 is 2.24 bits per heavy atom. The van der Waals surface area contributed by atoms with Crippen LogP contribution in [0, 0.1) is 10.1 Å². The average molecular weight is 374 g/mol. The lowest BCUT2D eigenvalue weighted by molar-refractivity contribution is -0.385. The summed E-state index contributed by atoms with van der Waals surface area (Å²) in [7, 11) is 0. The normalized spacial score (nSPS) is 10.2. The Kier molecular flexibility index (Phi) is 4.81. The first-order valence-corrected chi connectivity index (χ1v) is 7.24. The Hall–Kier alpha value is -2.07. The minimum absolute atomic E-state index is 0.00904. The highest BCUT2D eigenvalue weighted by Gasteiger charge is 2.20. The van der Waals surface area contributed by atoms with Crippen molar-refractivity contribution in [2.24, 2.45) is 0 Å². The van der Waals surface area contributed by atoms with E-state index < -0.39 is 10.9 Å². The van der Waals surface area contributed by atoms with Gasteiger partial charge in [0.05, 0.1) is 11.5 Å². The quantitative estimate of drug-likeness (QED) is 0.450. The molecule has 0 unspecified atom stereocenters. The maximum absolute atomic E-state index is 11.4. The summed E-state index contributed by atoms with van der Waals surface area (Å²) in [5, 5.41) is 18.3. The molecule has 110 valence electrons. The van der Waals surface area contributed by atoms with Gasteiger partial charge in [-0.25, -0.2) is 4.79 Å². The number of ether oxygens (including phenoxy) is 2. The van der Waals surface area contributed by atoms with Crippen LogP contribution < -0.4 is 4.74 Å². The molecule has 0 atom stereocenters. The molecule has 2 aromatic rings. The lowest BCUT2D eigenvalue weighted by Crippen LogP contribution is -2.03. The van der Waals surface area contributed by atoms with E-state index in [2.05, 4.69) is 26.1 Å². The number of carbonyl (C=O) groups excluding carboxylic acids is 1. The minimum Gasteiger partial charge on any atom is -0.461 e. The minimum atomic E-state index is -0.616. The van der Waals surface area contributed by atoms with Gasteiger partial charge in [0.2, 0.25) is 10.8 Å². The Morgan fingerprint density at radius 3 is 2.90 bits per heavy atom. The number of rotatable bonds is 5. The Bertz CT molecular complexity index is 690. The highest BCUT2D eigenvalue weighted by atomic mass is 79.9. The molecule has 2 rings (SSSR count). The predicted molar refractivity (Wildman–Crippen MR) is 76.7 cm³/mol. The van der Waals surface area contributed by atoms with Crippen LogP contribution in [0.4, 0.5) is 5.69 Å². The van der Waals surface area contributed by atoms with Crippen LogP contribution in [-0.4, -0.2) is 27.7 Å². The summed E-state index contributed by atoms with van der Waals surface area (Å²) in [6.07, 6.45) is 0. The topological polar surface area (TPSA) is 104 Å². The largest absolute Gasteiger partial charge is 0.461 e. The molecular formula is C11H8BrN3O5S. The van der Waals surface area contributed by atoms with Crippen LogP contribution >= 0.6 is 27.3 Å². The fraction of sp³-hybridized carbons (Fsp3) is 0.182. The second-order valence-electron chi connectivity index (χ2n) is 3.56. The van der Waals surface area contributed by atoms with Gasteiger partial charge < -0.3 is 9.47 Å². The predicted octanol–water partition coefficient (Wildman–Crippen LogP) is 3.18. The summed E-state index contributed by atoms with van der Waals surface area (Å²) in [5.74, 6) is -0.607. The number of nitrogens with zero attached hydrogens (tertiary/aromatic N) is 3. The fourth-order valence-corrected chi connectivity index (χ4v) is 2.29. The van der Waals surface area contributed by atoms with Crippen LogP contribution in [0.3, 0.4) is 0 Å². The van der Waals surface area contributed by atoms with Crippen LogP contribution in [0.15, 0.2) is 22.7 Å². The van der Waals surface area contributed by atoms with Crippen molar-refractivity contribution in [3.63, 3.8) is 0 Å². The monoisotopic (exact) mass is 373 g/mol. The Morgan fingerprint density at radius 1 is 1.48 bits per heavy atom. The summed E-state index contributed by atoms with van der Waals surface area (Å²) in [4.78, 5) is 21.8. The third-order valence-electron chi connectivity index (χ3n) is 2.17. The molecule has 0 saturated carbocycles. The molecule has 21 heavy (non-hydrogen) atoms. The van der Waals surface area contributed by atoms with Crippen LogP contribution in [0.1, 0.15) is 16.7 Å². The van der Waals surface area contributed by atoms with Gasteiger partial charge in [-0.15, -0.1) is 5.10 Å². The van der Waals surface area contributed by atoms with Gasteiger partial charge in [0.1, 0.15) is 0 Å². The molecule has 0 radical (unpaired) electrons. The second kappa shape index (κ2) is 6.59. The SMILES string of the molecule is CCOC(=O)c1nnc(Oc2ccc(Br)cc2[N+](=O)[O-])s1. The van der Waals surface area contributed by atoms with Crippen molar-refractivity contribution in [2.45, 2.75) is 6.92 Å². The number of nitro benzene ring substituents is 1. The molecule has 1 aromatic carbocycles. The maximum Gasteiger partial charge on any atom is 0.369 e. The summed E-state index contributed by atoms with van der Waals surface area (Å²) in [6.45, 7) is 1.88. The first-order valence-electron chi connectivity index (χ1n) is 5.63. The third kappa shape index (κ3) is 3.73. The van der Waals surface area contributed by atoms with Crippen LogP contribution in [0.5, 0.6) is 10.9 Å². The molecule has 0 amide bonds. The van der Waals surface area contributed by atoms with Gasteiger partial charge >= 0.3 is 11.7 Å². The van der Waals surface area contributed by atoms with Gasteiger partial charge in [-0.1, -0.05) is 21.0 Å². The first-order chi connectivity index (χ1) is 10.0. The number of aromatic nitrogens is 2. The van der Waals surface area contributed by atoms with Gasteiger partial charge in [0.25, 0.3) is 5.19 Å². The van der Waals surface area contributed by atoms with E-state index in [1.165, 1.54) is 12.1 Å². The lowest BCUT2D eigenvalue weighted by atomic mass is 10.3. The number of halogens is 1. The van der Waals surface area contributed by atoms with Crippen molar-refractivity contribution in [2.75, 3.05) is 6.61 Å². The molecule has 10 heteroatoms. The van der Waals surface area contributed by atoms with Crippen LogP contribution in [-0.2, 0) is 4.74 Å². The maximum atomic E-state index is 11.4. The van der Waals surface area contributed by atoms with Crippen molar-refractivity contribution >= 4 is 38.9 Å². The summed E-state index contributed by atoms with van der Waals surface area (Å²) >= 11 is 3.99. The highest BCUT2D eigenvalue weighted by Crippen LogP contribution is 2.34. The van der Waals surface area contributed by atoms with Crippen molar-refractivity contribution in [3.8, 4) is 10.9 Å². The van der Waals surface area contributed by atoms with E-state index in [1.807, 2.05) is 0 Å². The standard InChI is InChI=1S/C11H8BrN3O5S/c1-2-19-10(16)9-13-14-11(21-9)20-8-4-3-6(12)5-7(8)15(17)18/h3-5H,2H2,1H3. The number of carbonyl (C=O) groups is 1. The molecule has 8 nitrogen and oxygen atoms in total. The highest BCUT2D eigenvalue weighted by molar-refractivity contribution is 9.10. The number of esters is 1. The number of benzene rings is 1. The molecule has 0 aliphatic carbocycles. The average Bonchev–Trinajstić information content (AvgIpc) is 2.89. The Balaban J connectivity index is 2.23. The van der Waals surface area contributed by atoms with Crippen molar-refractivity contribution in [1.29, 1.82) is 0 Å². The summed E-state index contributed by atoms with van der Waals surface area (Å²) < 4.78 is 10.6. The van der Waals surface area contributed by atoms with Crippen molar-refractivity contribution < 1.29 is 19.2 Å². The smallest absolute Gasteiger partial charge is 0.369 e. The molecule has 0 fully saturated rings. The molecule has 1 aromatic heterocycles. The number of nitro groups is 1. The van der Waals surface area contributed by atoms with E-state index in [4.69, 9.17) is 9.47 Å². The molecule has 0 bridgehead atoms. The molecule has 0 aliphatic heterocycles. The third-order valence-corrected chi connectivity index (χ3v) is 3.45. The van der Waals surface area contributed by atoms with Gasteiger partial charge in [-0.3, -0.25) is 10.1 Å². The second-order valence-corrected chi connectivity index (χ2v) is 5.42. The van der Waals surface area contributed by atoms with E-state index >= 15 is 0 Å². The van der Waals surface area contributed by atoms with Crippen LogP contribution in [0.25, 0.3) is 0 Å².